The van der Waals surface area contributed by atoms with Crippen molar-refractivity contribution in [2.45, 2.75) is 62.5 Å². The Balaban J connectivity index is 1.19. The number of nitrogens with one attached hydrogen (secondary N) is 2. The molecule has 1 amide bonds. The molecule has 6 rings (SSSR count). The van der Waals surface area contributed by atoms with E-state index in [-0.39, 0.29) is 25.0 Å². The molecule has 0 spiro atoms. The lowest BCUT2D eigenvalue weighted by Gasteiger charge is -2.26. The molecule has 12 nitrogen and oxygen atoms in total. The van der Waals surface area contributed by atoms with Gasteiger partial charge in [-0.3, -0.25) is 4.79 Å². The molecule has 4 heterocycles. The molecule has 1 aliphatic heterocycles. The molecule has 1 saturated heterocycles. The maximum Gasteiger partial charge on any atom is 0.471 e. The van der Waals surface area contributed by atoms with Gasteiger partial charge in [0.15, 0.2) is 5.82 Å². The predicted molar refractivity (Wildman–Crippen MR) is 162 cm³/mol. The standard InChI is InChI=1S/C30H33F3N8O4S/c31-30(32,33)29(43)40-12-10-20(17-40)1-4-21-15-36-27(13-25(21)35-14-19-2-5-23(42)6-3-19)38-26-9-11-34-28(39-26)22-16-37-41(18-22)46(44,45)24-7-8-24/h9,11,13,15-16,18-20,23-24,42H,2-3,5-8,10,12,14,17H2,(H2,34,35,36,38,39)/t19-,20?,23-. The molecule has 0 bridgehead atoms. The molecule has 3 fully saturated rings. The number of nitrogens with zero attached hydrogens (tertiary/aromatic N) is 6. The minimum Gasteiger partial charge on any atom is -0.393 e. The van der Waals surface area contributed by atoms with Gasteiger partial charge in [-0.25, -0.2) is 23.4 Å². The van der Waals surface area contributed by atoms with Crippen molar-refractivity contribution in [2.24, 2.45) is 11.8 Å². The van der Waals surface area contributed by atoms with E-state index in [1.807, 2.05) is 0 Å². The van der Waals surface area contributed by atoms with E-state index in [0.29, 0.717) is 60.2 Å². The largest absolute Gasteiger partial charge is 0.471 e. The summed E-state index contributed by atoms with van der Waals surface area (Å²) in [5.74, 6) is 5.28. The highest BCUT2D eigenvalue weighted by Crippen LogP contribution is 2.31. The average Bonchev–Trinajstić information content (AvgIpc) is 3.59. The highest BCUT2D eigenvalue weighted by Gasteiger charge is 2.44. The van der Waals surface area contributed by atoms with Gasteiger partial charge < -0.3 is 20.6 Å². The van der Waals surface area contributed by atoms with Crippen LogP contribution in [0.4, 0.5) is 30.5 Å². The second-order valence-electron chi connectivity index (χ2n) is 11.9. The molecule has 3 aliphatic rings. The minimum atomic E-state index is -4.91. The van der Waals surface area contributed by atoms with E-state index in [9.17, 15) is 31.5 Å². The Morgan fingerprint density at radius 3 is 2.59 bits per heavy atom. The lowest BCUT2D eigenvalue weighted by atomic mass is 9.87. The van der Waals surface area contributed by atoms with Crippen LogP contribution in [-0.2, 0) is 14.8 Å². The van der Waals surface area contributed by atoms with Gasteiger partial charge in [-0.05, 0) is 56.9 Å². The van der Waals surface area contributed by atoms with Crippen molar-refractivity contribution >= 4 is 33.3 Å². The Morgan fingerprint density at radius 2 is 1.85 bits per heavy atom. The molecule has 0 aromatic carbocycles. The van der Waals surface area contributed by atoms with Crippen LogP contribution in [0, 0.1) is 23.7 Å². The number of hydrogen-bond donors (Lipinski definition) is 3. The van der Waals surface area contributed by atoms with E-state index in [0.717, 1.165) is 34.7 Å². The van der Waals surface area contributed by atoms with E-state index < -0.39 is 33.3 Å². The van der Waals surface area contributed by atoms with Gasteiger partial charge in [0.05, 0.1) is 40.6 Å². The third-order valence-corrected chi connectivity index (χ3v) is 10.4. The Kier molecular flexibility index (Phi) is 8.88. The Hall–Kier alpha value is -4.23. The summed E-state index contributed by atoms with van der Waals surface area (Å²) in [6.07, 6.45) is 5.50. The zero-order chi connectivity index (χ0) is 32.5. The van der Waals surface area contributed by atoms with Crippen molar-refractivity contribution in [3.63, 3.8) is 0 Å². The summed E-state index contributed by atoms with van der Waals surface area (Å²) in [6, 6.07) is 3.40. The third kappa shape index (κ3) is 7.42. The Morgan fingerprint density at radius 1 is 1.07 bits per heavy atom. The van der Waals surface area contributed by atoms with Gasteiger partial charge in [0.2, 0.25) is 0 Å². The molecule has 1 unspecified atom stereocenters. The van der Waals surface area contributed by atoms with Gasteiger partial charge in [-0.1, -0.05) is 11.8 Å². The molecule has 244 valence electrons. The van der Waals surface area contributed by atoms with Crippen LogP contribution in [0.25, 0.3) is 11.4 Å². The highest BCUT2D eigenvalue weighted by molar-refractivity contribution is 7.90. The molecular weight excluding hydrogens is 625 g/mol. The summed E-state index contributed by atoms with van der Waals surface area (Å²) in [7, 11) is -3.53. The summed E-state index contributed by atoms with van der Waals surface area (Å²) in [5, 5.41) is 20.0. The number of pyridine rings is 1. The van der Waals surface area contributed by atoms with E-state index in [1.165, 1.54) is 18.6 Å². The number of anilines is 3. The molecule has 3 aromatic heterocycles. The van der Waals surface area contributed by atoms with Gasteiger partial charge >= 0.3 is 12.1 Å². The molecule has 2 saturated carbocycles. The zero-order valence-electron chi connectivity index (χ0n) is 24.7. The number of likely N-dealkylation sites (tertiary alicyclic amines) is 1. The van der Waals surface area contributed by atoms with Crippen molar-refractivity contribution in [3.05, 3.63) is 42.5 Å². The number of alkyl halides is 3. The van der Waals surface area contributed by atoms with Crippen LogP contribution in [0.1, 0.15) is 50.5 Å². The van der Waals surface area contributed by atoms with Gasteiger partial charge in [0.1, 0.15) is 11.6 Å². The smallest absolute Gasteiger partial charge is 0.393 e. The van der Waals surface area contributed by atoms with E-state index in [4.69, 9.17) is 0 Å². The maximum atomic E-state index is 12.9. The number of rotatable bonds is 8. The monoisotopic (exact) mass is 658 g/mol. The normalized spacial score (nSPS) is 21.8. The summed E-state index contributed by atoms with van der Waals surface area (Å²) in [6.45, 7) is 0.538. The topological polar surface area (TPSA) is 155 Å². The van der Waals surface area contributed by atoms with Crippen LogP contribution >= 0.6 is 0 Å². The quantitative estimate of drug-likeness (QED) is 0.306. The van der Waals surface area contributed by atoms with Gasteiger partial charge in [0, 0.05) is 44.0 Å². The number of hydrogen-bond acceptors (Lipinski definition) is 10. The van der Waals surface area contributed by atoms with Crippen molar-refractivity contribution in [2.75, 3.05) is 30.3 Å². The van der Waals surface area contributed by atoms with Crippen molar-refractivity contribution in [1.82, 2.24) is 29.0 Å². The Labute approximate surface area is 263 Å². The first kappa shape index (κ1) is 31.7. The first-order valence-corrected chi connectivity index (χ1v) is 16.6. The lowest BCUT2D eigenvalue weighted by Crippen LogP contribution is -2.39. The van der Waals surface area contributed by atoms with Crippen molar-refractivity contribution in [1.29, 1.82) is 0 Å². The van der Waals surface area contributed by atoms with Crippen LogP contribution in [0.15, 0.2) is 36.9 Å². The minimum absolute atomic E-state index is 0.00449. The summed E-state index contributed by atoms with van der Waals surface area (Å²) in [5.41, 5.74) is 1.65. The van der Waals surface area contributed by atoms with E-state index >= 15 is 0 Å². The highest BCUT2D eigenvalue weighted by atomic mass is 32.2. The first-order chi connectivity index (χ1) is 22.0. The summed E-state index contributed by atoms with van der Waals surface area (Å²) < 4.78 is 64.6. The SMILES string of the molecule is O=C(N1CCC(C#Cc2cnc(Nc3ccnc(-c4cnn(S(=O)(=O)C5CC5)c4)n3)cc2NC[C@H]2CC[C@H](O)CC2)C1)C(F)(F)F. The number of aliphatic hydroxyl groups excluding tert-OH is 1. The van der Waals surface area contributed by atoms with Gasteiger partial charge in [0.25, 0.3) is 10.0 Å². The fourth-order valence-corrected chi connectivity index (χ4v) is 7.05. The van der Waals surface area contributed by atoms with Crippen LogP contribution in [0.5, 0.6) is 0 Å². The number of aromatic nitrogens is 5. The second kappa shape index (κ2) is 12.9. The first-order valence-electron chi connectivity index (χ1n) is 15.1. The van der Waals surface area contributed by atoms with E-state index in [2.05, 4.69) is 42.5 Å². The van der Waals surface area contributed by atoms with Crippen LogP contribution in [0.2, 0.25) is 0 Å². The number of aliphatic hydroxyl groups is 1. The third-order valence-electron chi connectivity index (χ3n) is 8.37. The molecule has 46 heavy (non-hydrogen) atoms. The number of carbonyl (C=O) groups excluding carboxylic acids is 1. The summed E-state index contributed by atoms with van der Waals surface area (Å²) in [4.78, 5) is 25.6. The van der Waals surface area contributed by atoms with Crippen molar-refractivity contribution in [3.8, 4) is 23.2 Å². The molecule has 3 N–H and O–H groups in total. The molecule has 1 atom stereocenters. The number of amides is 1. The fourth-order valence-electron chi connectivity index (χ4n) is 5.57. The molecule has 16 heteroatoms. The lowest BCUT2D eigenvalue weighted by molar-refractivity contribution is -0.184. The predicted octanol–water partition coefficient (Wildman–Crippen LogP) is 3.54. The van der Waals surface area contributed by atoms with Gasteiger partial charge in [-0.2, -0.15) is 22.4 Å². The fraction of sp³-hybridized carbons (Fsp3) is 0.500. The van der Waals surface area contributed by atoms with Crippen LogP contribution in [-0.4, -0.2) is 85.6 Å². The maximum absolute atomic E-state index is 12.9. The van der Waals surface area contributed by atoms with Crippen molar-refractivity contribution < 1.29 is 31.5 Å². The van der Waals surface area contributed by atoms with E-state index in [1.54, 1.807) is 18.3 Å². The number of carbonyl (C=O) groups is 1. The summed E-state index contributed by atoms with van der Waals surface area (Å²) >= 11 is 0. The molecule has 2 aliphatic carbocycles. The second-order valence-corrected chi connectivity index (χ2v) is 14.0. The zero-order valence-corrected chi connectivity index (χ0v) is 25.6. The molecular formula is C30H33F3N8O4S. The number of halogens is 3. The van der Waals surface area contributed by atoms with Crippen LogP contribution < -0.4 is 10.6 Å². The molecule has 3 aromatic rings. The van der Waals surface area contributed by atoms with Crippen LogP contribution in [0.3, 0.4) is 0 Å². The molecule has 0 radical (unpaired) electrons. The van der Waals surface area contributed by atoms with Gasteiger partial charge in [-0.15, -0.1) is 0 Å². The Bertz CT molecular complexity index is 1760. The average molecular weight is 659 g/mol.